The molecule has 5 nitrogen and oxygen atoms in total. The molecule has 1 heterocycles. The molecule has 1 aromatic heterocycles. The molecule has 26 heavy (non-hydrogen) atoms. The van der Waals surface area contributed by atoms with Gasteiger partial charge in [-0.25, -0.2) is 0 Å². The van der Waals surface area contributed by atoms with Crippen molar-refractivity contribution < 1.29 is 22.8 Å². The van der Waals surface area contributed by atoms with Gasteiger partial charge in [-0.2, -0.15) is 13.2 Å². The van der Waals surface area contributed by atoms with Gasteiger partial charge in [0.15, 0.2) is 0 Å². The lowest BCUT2D eigenvalue weighted by atomic mass is 10.1. The van der Waals surface area contributed by atoms with Crippen LogP contribution in [0.1, 0.15) is 39.0 Å². The van der Waals surface area contributed by atoms with Gasteiger partial charge >= 0.3 is 6.18 Å². The fraction of sp³-hybridized carbons (Fsp3) is 0.333. The van der Waals surface area contributed by atoms with Crippen molar-refractivity contribution in [2.75, 3.05) is 11.9 Å². The number of carbonyl (C=O) groups excluding carboxylic acids is 2. The summed E-state index contributed by atoms with van der Waals surface area (Å²) < 4.78 is 38.6. The molecule has 0 saturated heterocycles. The standard InChI is InChI=1S/C18H20F3N3O2/c1-4-24-11(2)8-15(12(24)3)17(26)23-14-7-5-6-13(9-14)16(25)22-10-18(19,20)21/h5-9H,4,10H2,1-3H3,(H,22,25)(H,23,26). The number of rotatable bonds is 5. The molecule has 2 amide bonds. The second kappa shape index (κ2) is 7.63. The highest BCUT2D eigenvalue weighted by Crippen LogP contribution is 2.18. The topological polar surface area (TPSA) is 63.1 Å². The van der Waals surface area contributed by atoms with Crippen LogP contribution < -0.4 is 10.6 Å². The number of nitrogens with zero attached hydrogens (tertiary/aromatic N) is 1. The van der Waals surface area contributed by atoms with E-state index in [2.05, 4.69) is 5.32 Å². The van der Waals surface area contributed by atoms with Crippen molar-refractivity contribution in [1.29, 1.82) is 0 Å². The van der Waals surface area contributed by atoms with E-state index in [0.29, 0.717) is 11.3 Å². The third-order valence-electron chi connectivity index (χ3n) is 3.97. The Hall–Kier alpha value is -2.77. The van der Waals surface area contributed by atoms with Crippen molar-refractivity contribution in [3.05, 3.63) is 52.8 Å². The Labute approximate surface area is 149 Å². The molecule has 0 aliphatic rings. The molecule has 2 N–H and O–H groups in total. The smallest absolute Gasteiger partial charge is 0.349 e. The molecule has 0 spiro atoms. The molecule has 2 aromatic rings. The van der Waals surface area contributed by atoms with Crippen LogP contribution in [0.15, 0.2) is 30.3 Å². The lowest BCUT2D eigenvalue weighted by Crippen LogP contribution is -2.33. The van der Waals surface area contributed by atoms with E-state index >= 15 is 0 Å². The van der Waals surface area contributed by atoms with Crippen molar-refractivity contribution >= 4 is 17.5 Å². The molecule has 0 atom stereocenters. The molecule has 0 saturated carbocycles. The highest BCUT2D eigenvalue weighted by atomic mass is 19.4. The van der Waals surface area contributed by atoms with Gasteiger partial charge < -0.3 is 15.2 Å². The summed E-state index contributed by atoms with van der Waals surface area (Å²) in [5.41, 5.74) is 2.65. The van der Waals surface area contributed by atoms with E-state index in [1.807, 2.05) is 25.3 Å². The number of aryl methyl sites for hydroxylation is 1. The van der Waals surface area contributed by atoms with Crippen LogP contribution >= 0.6 is 0 Å². The van der Waals surface area contributed by atoms with Crippen LogP contribution in [0.4, 0.5) is 18.9 Å². The zero-order valence-corrected chi connectivity index (χ0v) is 14.7. The predicted octanol–water partition coefficient (Wildman–Crippen LogP) is 3.67. The average Bonchev–Trinajstić information content (AvgIpc) is 2.86. The molecular weight excluding hydrogens is 347 g/mol. The maximum atomic E-state index is 12.5. The van der Waals surface area contributed by atoms with E-state index in [1.54, 1.807) is 17.4 Å². The normalized spacial score (nSPS) is 11.3. The number of alkyl halides is 3. The van der Waals surface area contributed by atoms with Crippen molar-refractivity contribution in [2.24, 2.45) is 0 Å². The summed E-state index contributed by atoms with van der Waals surface area (Å²) in [7, 11) is 0. The van der Waals surface area contributed by atoms with Gasteiger partial charge in [0.25, 0.3) is 11.8 Å². The Morgan fingerprint density at radius 1 is 1.12 bits per heavy atom. The zero-order chi connectivity index (χ0) is 19.5. The summed E-state index contributed by atoms with van der Waals surface area (Å²) in [6.45, 7) is 5.04. The number of halogens is 3. The van der Waals surface area contributed by atoms with Crippen LogP contribution in [0.3, 0.4) is 0 Å². The molecular formula is C18H20F3N3O2. The van der Waals surface area contributed by atoms with E-state index in [0.717, 1.165) is 17.9 Å². The number of amides is 2. The fourth-order valence-electron chi connectivity index (χ4n) is 2.74. The van der Waals surface area contributed by atoms with Crippen molar-refractivity contribution in [3.63, 3.8) is 0 Å². The molecule has 0 fully saturated rings. The second-order valence-corrected chi connectivity index (χ2v) is 5.86. The first-order valence-corrected chi connectivity index (χ1v) is 8.05. The molecule has 8 heteroatoms. The van der Waals surface area contributed by atoms with Gasteiger partial charge in [-0.1, -0.05) is 6.07 Å². The second-order valence-electron chi connectivity index (χ2n) is 5.86. The average molecular weight is 367 g/mol. The first-order chi connectivity index (χ1) is 12.1. The summed E-state index contributed by atoms with van der Waals surface area (Å²) in [5.74, 6) is -1.20. The summed E-state index contributed by atoms with van der Waals surface area (Å²) in [4.78, 5) is 24.3. The van der Waals surface area contributed by atoms with Crippen LogP contribution in [0.5, 0.6) is 0 Å². The Bertz CT molecular complexity index is 826. The molecule has 1 aromatic carbocycles. The summed E-state index contributed by atoms with van der Waals surface area (Å²) in [5, 5.41) is 4.48. The number of anilines is 1. The Balaban J connectivity index is 2.13. The van der Waals surface area contributed by atoms with E-state index < -0.39 is 18.6 Å². The third kappa shape index (κ3) is 4.65. The number of benzene rings is 1. The van der Waals surface area contributed by atoms with Crippen molar-refractivity contribution in [2.45, 2.75) is 33.5 Å². The summed E-state index contributed by atoms with van der Waals surface area (Å²) in [6, 6.07) is 7.55. The summed E-state index contributed by atoms with van der Waals surface area (Å²) in [6.07, 6.45) is -4.48. The quantitative estimate of drug-likeness (QED) is 0.847. The van der Waals surface area contributed by atoms with E-state index in [9.17, 15) is 22.8 Å². The molecule has 0 radical (unpaired) electrons. The Morgan fingerprint density at radius 2 is 1.81 bits per heavy atom. The molecule has 0 aliphatic carbocycles. The van der Waals surface area contributed by atoms with Gasteiger partial charge in [0.05, 0.1) is 5.56 Å². The molecule has 140 valence electrons. The third-order valence-corrected chi connectivity index (χ3v) is 3.97. The van der Waals surface area contributed by atoms with Crippen LogP contribution in [-0.4, -0.2) is 29.1 Å². The lowest BCUT2D eigenvalue weighted by Gasteiger charge is -2.10. The largest absolute Gasteiger partial charge is 0.405 e. The van der Waals surface area contributed by atoms with Gasteiger partial charge in [0.1, 0.15) is 6.54 Å². The van der Waals surface area contributed by atoms with E-state index in [4.69, 9.17) is 0 Å². The number of nitrogens with one attached hydrogen (secondary N) is 2. The molecule has 2 rings (SSSR count). The minimum absolute atomic E-state index is 0.0334. The van der Waals surface area contributed by atoms with E-state index in [-0.39, 0.29) is 11.5 Å². The Morgan fingerprint density at radius 3 is 2.38 bits per heavy atom. The van der Waals surface area contributed by atoms with Crippen LogP contribution in [0.25, 0.3) is 0 Å². The number of hydrogen-bond acceptors (Lipinski definition) is 2. The lowest BCUT2D eigenvalue weighted by molar-refractivity contribution is -0.123. The van der Waals surface area contributed by atoms with Crippen molar-refractivity contribution in [1.82, 2.24) is 9.88 Å². The minimum atomic E-state index is -4.48. The van der Waals surface area contributed by atoms with Gasteiger partial charge in [-0.3, -0.25) is 9.59 Å². The van der Waals surface area contributed by atoms with Crippen LogP contribution in [0.2, 0.25) is 0 Å². The van der Waals surface area contributed by atoms with Gasteiger partial charge in [0, 0.05) is 29.2 Å². The monoisotopic (exact) mass is 367 g/mol. The molecule has 0 unspecified atom stereocenters. The van der Waals surface area contributed by atoms with Gasteiger partial charge in [-0.15, -0.1) is 0 Å². The maximum absolute atomic E-state index is 12.5. The SMILES string of the molecule is CCn1c(C)cc(C(=O)Nc2cccc(C(=O)NCC(F)(F)F)c2)c1C. The van der Waals surface area contributed by atoms with Crippen LogP contribution in [0, 0.1) is 13.8 Å². The zero-order valence-electron chi connectivity index (χ0n) is 14.7. The van der Waals surface area contributed by atoms with Crippen LogP contribution in [-0.2, 0) is 6.54 Å². The first-order valence-electron chi connectivity index (χ1n) is 8.05. The summed E-state index contributed by atoms with van der Waals surface area (Å²) >= 11 is 0. The van der Waals surface area contributed by atoms with Crippen molar-refractivity contribution in [3.8, 4) is 0 Å². The minimum Gasteiger partial charge on any atom is -0.349 e. The highest BCUT2D eigenvalue weighted by Gasteiger charge is 2.28. The number of hydrogen-bond donors (Lipinski definition) is 2. The highest BCUT2D eigenvalue weighted by molar-refractivity contribution is 6.06. The van der Waals surface area contributed by atoms with Gasteiger partial charge in [0.2, 0.25) is 0 Å². The first kappa shape index (κ1) is 19.6. The Kier molecular flexibility index (Phi) is 5.74. The molecule has 0 bridgehead atoms. The predicted molar refractivity (Wildman–Crippen MR) is 92.4 cm³/mol. The number of carbonyl (C=O) groups is 2. The number of aromatic nitrogens is 1. The molecule has 0 aliphatic heterocycles. The maximum Gasteiger partial charge on any atom is 0.405 e. The van der Waals surface area contributed by atoms with Gasteiger partial charge in [-0.05, 0) is 45.0 Å². The van der Waals surface area contributed by atoms with E-state index in [1.165, 1.54) is 18.2 Å². The fourth-order valence-corrected chi connectivity index (χ4v) is 2.74.